The predicted octanol–water partition coefficient (Wildman–Crippen LogP) is 5.61. The topological polar surface area (TPSA) is 37.4 Å². The van der Waals surface area contributed by atoms with Crippen molar-refractivity contribution < 1.29 is 8.42 Å². The van der Waals surface area contributed by atoms with Gasteiger partial charge in [-0.05, 0) is 48.4 Å². The molecule has 0 saturated carbocycles. The molecule has 0 saturated heterocycles. The first-order chi connectivity index (χ1) is 13.0. The minimum Gasteiger partial charge on any atom is -0.254 e. The van der Waals surface area contributed by atoms with Gasteiger partial charge in [0.05, 0.1) is 16.6 Å². The summed E-state index contributed by atoms with van der Waals surface area (Å²) in [4.78, 5) is 0.275. The van der Waals surface area contributed by atoms with Gasteiger partial charge in [-0.1, -0.05) is 71.8 Å². The smallest absolute Gasteiger partial charge is 0.254 e. The van der Waals surface area contributed by atoms with Gasteiger partial charge in [0.2, 0.25) is 0 Å². The molecule has 3 aromatic rings. The number of halogens is 1. The molecule has 27 heavy (non-hydrogen) atoms. The van der Waals surface area contributed by atoms with Crippen LogP contribution in [0.4, 0.5) is 5.69 Å². The van der Waals surface area contributed by atoms with E-state index >= 15 is 0 Å². The number of sulfonamides is 1. The third-order valence-electron chi connectivity index (χ3n) is 4.67. The second kappa shape index (κ2) is 6.87. The second-order valence-electron chi connectivity index (χ2n) is 6.53. The Morgan fingerprint density at radius 3 is 2.26 bits per heavy atom. The largest absolute Gasteiger partial charge is 0.265 e. The number of rotatable bonds is 3. The summed E-state index contributed by atoms with van der Waals surface area (Å²) in [5.41, 5.74) is 3.42. The van der Waals surface area contributed by atoms with Crippen LogP contribution in [0, 0.1) is 6.92 Å². The number of hydrogen-bond acceptors (Lipinski definition) is 2. The number of anilines is 1. The third kappa shape index (κ3) is 3.27. The Labute approximate surface area is 164 Å². The molecular weight excluding hydrogens is 378 g/mol. The molecular formula is C22H18ClNO2S. The molecule has 5 heteroatoms. The summed E-state index contributed by atoms with van der Waals surface area (Å²) in [5.74, 6) is 0. The van der Waals surface area contributed by atoms with E-state index in [9.17, 15) is 8.42 Å². The van der Waals surface area contributed by atoms with Gasteiger partial charge in [0.1, 0.15) is 0 Å². The molecule has 0 fully saturated rings. The fourth-order valence-corrected chi connectivity index (χ4v) is 5.01. The van der Waals surface area contributed by atoms with Gasteiger partial charge < -0.3 is 0 Å². The van der Waals surface area contributed by atoms with Gasteiger partial charge >= 0.3 is 0 Å². The average molecular weight is 396 g/mol. The van der Waals surface area contributed by atoms with E-state index < -0.39 is 16.1 Å². The van der Waals surface area contributed by atoms with Crippen molar-refractivity contribution in [3.05, 3.63) is 101 Å². The monoisotopic (exact) mass is 395 g/mol. The zero-order chi connectivity index (χ0) is 19.0. The molecule has 1 unspecified atom stereocenters. The van der Waals surface area contributed by atoms with E-state index in [2.05, 4.69) is 0 Å². The highest BCUT2D eigenvalue weighted by Crippen LogP contribution is 2.40. The van der Waals surface area contributed by atoms with E-state index in [-0.39, 0.29) is 4.90 Å². The van der Waals surface area contributed by atoms with Crippen LogP contribution in [0.25, 0.3) is 6.08 Å². The summed E-state index contributed by atoms with van der Waals surface area (Å²) in [6.45, 7) is 1.94. The lowest BCUT2D eigenvalue weighted by atomic mass is 10.00. The minimum atomic E-state index is -3.75. The third-order valence-corrected chi connectivity index (χ3v) is 6.74. The molecule has 1 aliphatic heterocycles. The Kier molecular flexibility index (Phi) is 4.54. The molecule has 0 bridgehead atoms. The van der Waals surface area contributed by atoms with Crippen molar-refractivity contribution in [2.24, 2.45) is 0 Å². The molecule has 0 N–H and O–H groups in total. The fourth-order valence-electron chi connectivity index (χ4n) is 3.26. The summed E-state index contributed by atoms with van der Waals surface area (Å²) in [5, 5.41) is 0.617. The molecule has 3 aromatic carbocycles. The summed E-state index contributed by atoms with van der Waals surface area (Å²) in [7, 11) is -3.75. The van der Waals surface area contributed by atoms with E-state index in [4.69, 9.17) is 11.6 Å². The summed E-state index contributed by atoms with van der Waals surface area (Å²) in [6.07, 6.45) is 3.88. The van der Waals surface area contributed by atoms with Gasteiger partial charge in [0.15, 0.2) is 0 Å². The van der Waals surface area contributed by atoms with Crippen LogP contribution in [0.1, 0.15) is 22.7 Å². The van der Waals surface area contributed by atoms with Gasteiger partial charge in [0.25, 0.3) is 10.0 Å². The lowest BCUT2D eigenvalue weighted by molar-refractivity contribution is 0.586. The normalized spacial score (nSPS) is 16.2. The van der Waals surface area contributed by atoms with Crippen molar-refractivity contribution in [2.75, 3.05) is 4.31 Å². The van der Waals surface area contributed by atoms with E-state index in [0.717, 1.165) is 16.7 Å². The first-order valence-corrected chi connectivity index (χ1v) is 10.4. The van der Waals surface area contributed by atoms with Gasteiger partial charge in [-0.3, -0.25) is 4.31 Å². The second-order valence-corrected chi connectivity index (χ2v) is 8.78. The Morgan fingerprint density at radius 2 is 1.56 bits per heavy atom. The van der Waals surface area contributed by atoms with Crippen LogP contribution in [0.2, 0.25) is 5.02 Å². The summed E-state index contributed by atoms with van der Waals surface area (Å²) in [6, 6.07) is 21.3. The lowest BCUT2D eigenvalue weighted by Crippen LogP contribution is -2.36. The highest BCUT2D eigenvalue weighted by atomic mass is 35.5. The summed E-state index contributed by atoms with van der Waals surface area (Å²) < 4.78 is 28.7. The van der Waals surface area contributed by atoms with Gasteiger partial charge in [-0.15, -0.1) is 0 Å². The van der Waals surface area contributed by atoms with Crippen molar-refractivity contribution in [2.45, 2.75) is 17.9 Å². The van der Waals surface area contributed by atoms with E-state index in [0.29, 0.717) is 10.7 Å². The Balaban J connectivity index is 1.90. The van der Waals surface area contributed by atoms with Crippen LogP contribution in [0.5, 0.6) is 0 Å². The standard InChI is InChI=1S/C22H18ClNO2S/c1-16-6-13-20(14-7-16)27(25,26)24-21-5-3-2-4-17(21)10-15-22(24)18-8-11-19(23)12-9-18/h2-15,22H,1H3. The quantitative estimate of drug-likeness (QED) is 0.577. The average Bonchev–Trinajstić information content (AvgIpc) is 2.68. The highest BCUT2D eigenvalue weighted by molar-refractivity contribution is 7.92. The van der Waals surface area contributed by atoms with E-state index in [1.165, 1.54) is 4.31 Å². The predicted molar refractivity (Wildman–Crippen MR) is 111 cm³/mol. The zero-order valence-corrected chi connectivity index (χ0v) is 16.3. The van der Waals surface area contributed by atoms with E-state index in [1.807, 2.05) is 67.6 Å². The molecule has 4 rings (SSSR count). The van der Waals surface area contributed by atoms with Crippen LogP contribution in [0.3, 0.4) is 0 Å². The van der Waals surface area contributed by atoms with Crippen LogP contribution in [-0.4, -0.2) is 8.42 Å². The number of nitrogens with zero attached hydrogens (tertiary/aromatic N) is 1. The molecule has 1 heterocycles. The highest BCUT2D eigenvalue weighted by Gasteiger charge is 2.34. The molecule has 0 spiro atoms. The number of aryl methyl sites for hydroxylation is 1. The van der Waals surface area contributed by atoms with Gasteiger partial charge in [0, 0.05) is 5.02 Å². The van der Waals surface area contributed by atoms with Crippen molar-refractivity contribution in [1.82, 2.24) is 0 Å². The van der Waals surface area contributed by atoms with Crippen molar-refractivity contribution in [1.29, 1.82) is 0 Å². The molecule has 0 amide bonds. The molecule has 0 aromatic heterocycles. The molecule has 1 atom stereocenters. The maximum absolute atomic E-state index is 13.6. The minimum absolute atomic E-state index is 0.275. The molecule has 1 aliphatic rings. The number of benzene rings is 3. The zero-order valence-electron chi connectivity index (χ0n) is 14.7. The number of fused-ring (bicyclic) bond motifs is 1. The number of hydrogen-bond donors (Lipinski definition) is 0. The Morgan fingerprint density at radius 1 is 0.889 bits per heavy atom. The first-order valence-electron chi connectivity index (χ1n) is 8.60. The van der Waals surface area contributed by atoms with Gasteiger partial charge in [-0.25, -0.2) is 8.42 Å². The van der Waals surface area contributed by atoms with E-state index in [1.54, 1.807) is 24.3 Å². The van der Waals surface area contributed by atoms with Gasteiger partial charge in [-0.2, -0.15) is 0 Å². The van der Waals surface area contributed by atoms with Crippen molar-refractivity contribution in [3.63, 3.8) is 0 Å². The Bertz CT molecular complexity index is 1100. The van der Waals surface area contributed by atoms with Crippen LogP contribution in [0.15, 0.2) is 83.8 Å². The molecule has 3 nitrogen and oxygen atoms in total. The first kappa shape index (κ1) is 17.8. The molecule has 136 valence electrons. The molecule has 0 radical (unpaired) electrons. The SMILES string of the molecule is Cc1ccc(S(=O)(=O)N2c3ccccc3C=CC2c2ccc(Cl)cc2)cc1. The molecule has 0 aliphatic carbocycles. The van der Waals surface area contributed by atoms with Crippen LogP contribution in [-0.2, 0) is 10.0 Å². The fraction of sp³-hybridized carbons (Fsp3) is 0.0909. The van der Waals surface area contributed by atoms with Crippen molar-refractivity contribution >= 4 is 33.4 Å². The van der Waals surface area contributed by atoms with Crippen LogP contribution >= 0.6 is 11.6 Å². The maximum atomic E-state index is 13.6. The summed E-state index contributed by atoms with van der Waals surface area (Å²) >= 11 is 6.02. The number of para-hydroxylation sites is 1. The lowest BCUT2D eigenvalue weighted by Gasteiger charge is -2.35. The van der Waals surface area contributed by atoms with Crippen LogP contribution < -0.4 is 4.31 Å². The van der Waals surface area contributed by atoms with Crippen molar-refractivity contribution in [3.8, 4) is 0 Å². The maximum Gasteiger partial charge on any atom is 0.265 e. The Hall–Kier alpha value is -2.56.